The van der Waals surface area contributed by atoms with Crippen LogP contribution >= 0.6 is 0 Å². The summed E-state index contributed by atoms with van der Waals surface area (Å²) in [5, 5.41) is 3.34. The van der Waals surface area contributed by atoms with E-state index in [1.165, 1.54) is 27.2 Å². The van der Waals surface area contributed by atoms with Gasteiger partial charge in [0.25, 0.3) is 0 Å². The van der Waals surface area contributed by atoms with E-state index in [2.05, 4.69) is 55.6 Å². The largest absolute Gasteiger partial charge is 0.493 e. The minimum Gasteiger partial charge on any atom is -0.493 e. The standard InChI is InChI=1S/C26H36N2O3/c1-7-22(27-26(29)17(2)3)25-21-15-24(31-6)23(30-5)14-20(21)12-13-28(25)16-19-10-8-18(4)9-11-19/h8-11,14-15,17,22,25H,7,12-13,16H2,1-6H3,(H,27,29)/p+1/t22-,25-/m0/s1. The summed E-state index contributed by atoms with van der Waals surface area (Å²) >= 11 is 0. The Kier molecular flexibility index (Phi) is 7.60. The highest BCUT2D eigenvalue weighted by Crippen LogP contribution is 2.35. The van der Waals surface area contributed by atoms with Crippen molar-refractivity contribution in [2.24, 2.45) is 5.92 Å². The van der Waals surface area contributed by atoms with Gasteiger partial charge in [-0.05, 0) is 31.0 Å². The Hall–Kier alpha value is -2.53. The number of benzene rings is 2. The quantitative estimate of drug-likeness (QED) is 0.683. The Balaban J connectivity index is 2.02. The third-order valence-corrected chi connectivity index (χ3v) is 6.38. The monoisotopic (exact) mass is 425 g/mol. The van der Waals surface area contributed by atoms with Crippen molar-refractivity contribution in [2.45, 2.75) is 59.2 Å². The molecule has 1 aliphatic rings. The number of carbonyl (C=O) groups excluding carboxylic acids is 1. The first-order valence-electron chi connectivity index (χ1n) is 11.3. The number of hydrogen-bond acceptors (Lipinski definition) is 3. The van der Waals surface area contributed by atoms with Gasteiger partial charge in [0.2, 0.25) is 5.91 Å². The van der Waals surface area contributed by atoms with E-state index in [1.54, 1.807) is 14.2 Å². The zero-order chi connectivity index (χ0) is 22.5. The van der Waals surface area contributed by atoms with Gasteiger partial charge in [0, 0.05) is 23.5 Å². The Morgan fingerprint density at radius 2 is 1.77 bits per heavy atom. The lowest BCUT2D eigenvalue weighted by atomic mass is 9.86. The van der Waals surface area contributed by atoms with Gasteiger partial charge in [0.1, 0.15) is 12.6 Å². The predicted octanol–water partition coefficient (Wildman–Crippen LogP) is 3.25. The molecular weight excluding hydrogens is 388 g/mol. The maximum atomic E-state index is 12.6. The molecule has 0 aromatic heterocycles. The van der Waals surface area contributed by atoms with Gasteiger partial charge >= 0.3 is 0 Å². The number of hydrogen-bond donors (Lipinski definition) is 2. The average Bonchev–Trinajstić information content (AvgIpc) is 2.77. The van der Waals surface area contributed by atoms with Crippen LogP contribution in [0.1, 0.15) is 55.5 Å². The van der Waals surface area contributed by atoms with Gasteiger partial charge in [-0.3, -0.25) is 4.79 Å². The third-order valence-electron chi connectivity index (χ3n) is 6.38. The first kappa shape index (κ1) is 23.1. The number of fused-ring (bicyclic) bond motifs is 1. The molecule has 5 nitrogen and oxygen atoms in total. The highest BCUT2D eigenvalue weighted by atomic mass is 16.5. The minimum absolute atomic E-state index is 0.0388. The highest BCUT2D eigenvalue weighted by molar-refractivity contribution is 5.78. The second-order valence-electron chi connectivity index (χ2n) is 8.88. The summed E-state index contributed by atoms with van der Waals surface area (Å²) in [5.41, 5.74) is 5.13. The van der Waals surface area contributed by atoms with Gasteiger partial charge in [-0.25, -0.2) is 0 Å². The molecule has 0 fully saturated rings. The van der Waals surface area contributed by atoms with Crippen molar-refractivity contribution in [1.29, 1.82) is 0 Å². The van der Waals surface area contributed by atoms with Gasteiger partial charge in [-0.1, -0.05) is 50.6 Å². The topological polar surface area (TPSA) is 52.0 Å². The number of nitrogens with one attached hydrogen (secondary N) is 2. The molecule has 0 bridgehead atoms. The summed E-state index contributed by atoms with van der Waals surface area (Å²) in [6, 6.07) is 13.2. The van der Waals surface area contributed by atoms with Crippen LogP contribution in [0.2, 0.25) is 0 Å². The molecule has 1 heterocycles. The maximum absolute atomic E-state index is 12.6. The molecule has 5 heteroatoms. The second-order valence-corrected chi connectivity index (χ2v) is 8.88. The van der Waals surface area contributed by atoms with Crippen LogP contribution in [-0.2, 0) is 17.8 Å². The molecule has 1 unspecified atom stereocenters. The van der Waals surface area contributed by atoms with Crippen LogP contribution in [0.15, 0.2) is 36.4 Å². The summed E-state index contributed by atoms with van der Waals surface area (Å²) < 4.78 is 11.2. The summed E-state index contributed by atoms with van der Waals surface area (Å²) in [6.07, 6.45) is 1.84. The Labute approximate surface area is 186 Å². The fourth-order valence-electron chi connectivity index (χ4n) is 4.55. The smallest absolute Gasteiger partial charge is 0.222 e. The minimum atomic E-state index is -0.0388. The zero-order valence-electron chi connectivity index (χ0n) is 19.7. The maximum Gasteiger partial charge on any atom is 0.222 e. The van der Waals surface area contributed by atoms with Crippen molar-refractivity contribution in [2.75, 3.05) is 20.8 Å². The van der Waals surface area contributed by atoms with Crippen LogP contribution in [0.4, 0.5) is 0 Å². The Morgan fingerprint density at radius 3 is 2.35 bits per heavy atom. The lowest BCUT2D eigenvalue weighted by molar-refractivity contribution is -0.948. The molecule has 168 valence electrons. The number of methoxy groups -OCH3 is 2. The van der Waals surface area contributed by atoms with Crippen LogP contribution in [0.5, 0.6) is 11.5 Å². The first-order valence-corrected chi connectivity index (χ1v) is 11.3. The van der Waals surface area contributed by atoms with E-state index in [1.807, 2.05) is 13.8 Å². The van der Waals surface area contributed by atoms with Gasteiger partial charge < -0.3 is 19.7 Å². The Bertz CT molecular complexity index is 892. The molecular formula is C26H37N2O3+. The molecule has 2 aromatic carbocycles. The molecule has 1 aliphatic heterocycles. The summed E-state index contributed by atoms with van der Waals surface area (Å²) in [4.78, 5) is 14.1. The van der Waals surface area contributed by atoms with E-state index in [-0.39, 0.29) is 23.9 Å². The van der Waals surface area contributed by atoms with Crippen molar-refractivity contribution >= 4 is 5.91 Å². The molecule has 3 rings (SSSR count). The predicted molar refractivity (Wildman–Crippen MR) is 124 cm³/mol. The first-order chi connectivity index (χ1) is 14.9. The van der Waals surface area contributed by atoms with Gasteiger partial charge in [0.15, 0.2) is 11.5 Å². The number of aryl methyl sites for hydroxylation is 1. The zero-order valence-corrected chi connectivity index (χ0v) is 19.7. The fraction of sp³-hybridized carbons (Fsp3) is 0.500. The lowest BCUT2D eigenvalue weighted by Crippen LogP contribution is -3.13. The molecule has 1 amide bonds. The molecule has 2 aromatic rings. The highest BCUT2D eigenvalue weighted by Gasteiger charge is 2.38. The normalized spacial score (nSPS) is 18.9. The summed E-state index contributed by atoms with van der Waals surface area (Å²) in [6.45, 7) is 10.1. The number of amides is 1. The van der Waals surface area contributed by atoms with E-state index in [0.29, 0.717) is 0 Å². The molecule has 0 spiro atoms. The number of ether oxygens (including phenoxy) is 2. The van der Waals surface area contributed by atoms with E-state index in [4.69, 9.17) is 9.47 Å². The van der Waals surface area contributed by atoms with Crippen LogP contribution in [0.25, 0.3) is 0 Å². The molecule has 0 aliphatic carbocycles. The average molecular weight is 426 g/mol. The van der Waals surface area contributed by atoms with Crippen LogP contribution in [0.3, 0.4) is 0 Å². The molecule has 2 N–H and O–H groups in total. The van der Waals surface area contributed by atoms with Gasteiger partial charge in [-0.15, -0.1) is 0 Å². The van der Waals surface area contributed by atoms with Crippen LogP contribution in [-0.4, -0.2) is 32.7 Å². The van der Waals surface area contributed by atoms with E-state index in [0.717, 1.165) is 37.4 Å². The summed E-state index contributed by atoms with van der Waals surface area (Å²) in [5.74, 6) is 1.58. The number of quaternary nitrogens is 1. The van der Waals surface area contributed by atoms with Crippen molar-refractivity contribution in [3.05, 3.63) is 58.7 Å². The van der Waals surface area contributed by atoms with Crippen molar-refractivity contribution in [3.8, 4) is 11.5 Å². The lowest BCUT2D eigenvalue weighted by Gasteiger charge is -2.39. The molecule has 31 heavy (non-hydrogen) atoms. The molecule has 0 radical (unpaired) electrons. The fourth-order valence-corrected chi connectivity index (χ4v) is 4.55. The van der Waals surface area contributed by atoms with E-state index >= 15 is 0 Å². The van der Waals surface area contributed by atoms with Crippen molar-refractivity contribution < 1.29 is 19.2 Å². The van der Waals surface area contributed by atoms with Gasteiger partial charge in [0.05, 0.1) is 26.8 Å². The number of carbonyl (C=O) groups is 1. The van der Waals surface area contributed by atoms with E-state index in [9.17, 15) is 4.79 Å². The molecule has 0 saturated carbocycles. The van der Waals surface area contributed by atoms with Crippen LogP contribution < -0.4 is 19.7 Å². The SMILES string of the molecule is CC[C@H](NC(=O)C(C)C)[C@@H]1c2cc(OC)c(OC)cc2CC[NH+]1Cc1ccc(C)cc1. The number of rotatable bonds is 8. The molecule has 0 saturated heterocycles. The van der Waals surface area contributed by atoms with Crippen molar-refractivity contribution in [3.63, 3.8) is 0 Å². The molecule has 3 atom stereocenters. The summed E-state index contributed by atoms with van der Waals surface area (Å²) in [7, 11) is 3.36. The van der Waals surface area contributed by atoms with E-state index < -0.39 is 0 Å². The second kappa shape index (κ2) is 10.2. The third kappa shape index (κ3) is 5.21. The Morgan fingerprint density at radius 1 is 1.13 bits per heavy atom. The van der Waals surface area contributed by atoms with Crippen LogP contribution in [0, 0.1) is 12.8 Å². The van der Waals surface area contributed by atoms with Gasteiger partial charge in [-0.2, -0.15) is 0 Å². The van der Waals surface area contributed by atoms with Crippen molar-refractivity contribution in [1.82, 2.24) is 5.32 Å².